The van der Waals surface area contributed by atoms with Crippen molar-refractivity contribution in [2.75, 3.05) is 13.1 Å². The van der Waals surface area contributed by atoms with Crippen LogP contribution >= 0.6 is 0 Å². The van der Waals surface area contributed by atoms with Crippen molar-refractivity contribution in [2.24, 2.45) is 7.05 Å². The molecule has 0 unspecified atom stereocenters. The van der Waals surface area contributed by atoms with Crippen LogP contribution in [0.3, 0.4) is 0 Å². The quantitative estimate of drug-likeness (QED) is 0.832. The first-order chi connectivity index (χ1) is 8.74. The van der Waals surface area contributed by atoms with Gasteiger partial charge in [0.1, 0.15) is 11.9 Å². The third-order valence-corrected chi connectivity index (χ3v) is 3.46. The Labute approximate surface area is 105 Å². The lowest BCUT2D eigenvalue weighted by molar-refractivity contribution is 0.162. The number of H-pyrrole nitrogens is 1. The number of aromatic nitrogens is 2. The minimum Gasteiger partial charge on any atom is -0.490 e. The molecule has 1 aliphatic rings. The number of nitrogens with one attached hydrogen (secondary N) is 2. The van der Waals surface area contributed by atoms with Crippen LogP contribution in [0.15, 0.2) is 23.0 Å². The van der Waals surface area contributed by atoms with Gasteiger partial charge in [0.05, 0.1) is 11.0 Å². The average Bonchev–Trinajstić information content (AvgIpc) is 2.66. The summed E-state index contributed by atoms with van der Waals surface area (Å²) in [5.74, 6) is 0.830. The van der Waals surface area contributed by atoms with Gasteiger partial charge in [0.25, 0.3) is 0 Å². The normalized spacial score (nSPS) is 17.2. The van der Waals surface area contributed by atoms with Crippen LogP contribution in [0.4, 0.5) is 0 Å². The van der Waals surface area contributed by atoms with Gasteiger partial charge in [-0.15, -0.1) is 0 Å². The zero-order chi connectivity index (χ0) is 12.5. The number of aryl methyl sites for hydroxylation is 1. The SMILES string of the molecule is Cn1c(=O)[nH]c2cc(OC3CCNCC3)ccc21. The molecule has 1 fully saturated rings. The standard InChI is InChI=1S/C13H17N3O2/c1-16-12-3-2-10(8-11(12)15-13(16)17)18-9-4-6-14-7-5-9/h2-3,8-9,14H,4-7H2,1H3,(H,15,17). The largest absolute Gasteiger partial charge is 0.490 e. The van der Waals surface area contributed by atoms with E-state index in [1.54, 1.807) is 11.6 Å². The zero-order valence-corrected chi connectivity index (χ0v) is 10.4. The Morgan fingerprint density at radius 1 is 1.33 bits per heavy atom. The molecule has 2 heterocycles. The van der Waals surface area contributed by atoms with Crippen LogP contribution in [-0.2, 0) is 7.05 Å². The summed E-state index contributed by atoms with van der Waals surface area (Å²) in [6.07, 6.45) is 2.34. The first kappa shape index (κ1) is 11.3. The van der Waals surface area contributed by atoms with E-state index in [1.165, 1.54) is 0 Å². The highest BCUT2D eigenvalue weighted by molar-refractivity contribution is 5.76. The number of fused-ring (bicyclic) bond motifs is 1. The number of hydrogen-bond donors (Lipinski definition) is 2. The molecule has 2 aromatic rings. The molecule has 3 rings (SSSR count). The van der Waals surface area contributed by atoms with Gasteiger partial charge in [0, 0.05) is 13.1 Å². The van der Waals surface area contributed by atoms with Crippen molar-refractivity contribution in [2.45, 2.75) is 18.9 Å². The molecule has 0 radical (unpaired) electrons. The van der Waals surface area contributed by atoms with Crippen LogP contribution in [-0.4, -0.2) is 28.7 Å². The van der Waals surface area contributed by atoms with Gasteiger partial charge in [-0.1, -0.05) is 0 Å². The van der Waals surface area contributed by atoms with Gasteiger partial charge in [-0.25, -0.2) is 4.79 Å². The molecule has 96 valence electrons. The predicted octanol–water partition coefficient (Wildman–Crippen LogP) is 0.997. The molecule has 1 aromatic heterocycles. The van der Waals surface area contributed by atoms with E-state index >= 15 is 0 Å². The number of imidazole rings is 1. The highest BCUT2D eigenvalue weighted by Gasteiger charge is 2.14. The minimum absolute atomic E-state index is 0.0935. The van der Waals surface area contributed by atoms with E-state index < -0.39 is 0 Å². The van der Waals surface area contributed by atoms with Crippen LogP contribution in [0.25, 0.3) is 11.0 Å². The van der Waals surface area contributed by atoms with Crippen molar-refractivity contribution in [3.05, 3.63) is 28.7 Å². The number of ether oxygens (including phenoxy) is 1. The third kappa shape index (κ3) is 2.01. The Kier molecular flexibility index (Phi) is 2.83. The van der Waals surface area contributed by atoms with E-state index in [-0.39, 0.29) is 11.8 Å². The topological polar surface area (TPSA) is 59.0 Å². The third-order valence-electron chi connectivity index (χ3n) is 3.46. The molecular formula is C13H17N3O2. The summed E-state index contributed by atoms with van der Waals surface area (Å²) in [6, 6.07) is 5.75. The summed E-state index contributed by atoms with van der Waals surface area (Å²) in [6.45, 7) is 2.02. The van der Waals surface area contributed by atoms with Crippen LogP contribution in [0.2, 0.25) is 0 Å². The fourth-order valence-corrected chi connectivity index (χ4v) is 2.40. The molecule has 0 bridgehead atoms. The monoisotopic (exact) mass is 247 g/mol. The molecule has 1 saturated heterocycles. The second-order valence-electron chi connectivity index (χ2n) is 4.74. The van der Waals surface area contributed by atoms with Crippen LogP contribution in [0.1, 0.15) is 12.8 Å². The summed E-state index contributed by atoms with van der Waals surface area (Å²) in [4.78, 5) is 14.3. The maximum atomic E-state index is 11.5. The molecule has 0 atom stereocenters. The van der Waals surface area contributed by atoms with Crippen molar-refractivity contribution < 1.29 is 4.74 Å². The van der Waals surface area contributed by atoms with Crippen molar-refractivity contribution in [3.8, 4) is 5.75 Å². The number of hydrogen-bond acceptors (Lipinski definition) is 3. The molecule has 1 aromatic carbocycles. The van der Waals surface area contributed by atoms with Crippen LogP contribution in [0.5, 0.6) is 5.75 Å². The second-order valence-corrected chi connectivity index (χ2v) is 4.74. The summed E-state index contributed by atoms with van der Waals surface area (Å²) in [5.41, 5.74) is 1.63. The smallest absolute Gasteiger partial charge is 0.326 e. The molecule has 5 heteroatoms. The number of piperidine rings is 1. The van der Waals surface area contributed by atoms with E-state index in [0.717, 1.165) is 42.7 Å². The van der Waals surface area contributed by atoms with E-state index in [4.69, 9.17) is 4.74 Å². The highest BCUT2D eigenvalue weighted by Crippen LogP contribution is 2.21. The van der Waals surface area contributed by atoms with Crippen molar-refractivity contribution in [1.29, 1.82) is 0 Å². The Morgan fingerprint density at radius 2 is 2.11 bits per heavy atom. The molecule has 0 amide bonds. The van der Waals surface area contributed by atoms with E-state index in [1.807, 2.05) is 18.2 Å². The zero-order valence-electron chi connectivity index (χ0n) is 10.4. The number of nitrogens with zero attached hydrogens (tertiary/aromatic N) is 1. The van der Waals surface area contributed by atoms with Gasteiger partial charge < -0.3 is 15.0 Å². The van der Waals surface area contributed by atoms with E-state index in [2.05, 4.69) is 10.3 Å². The van der Waals surface area contributed by atoms with Crippen molar-refractivity contribution >= 4 is 11.0 Å². The summed E-state index contributed by atoms with van der Waals surface area (Å²) in [5, 5.41) is 3.31. The van der Waals surface area contributed by atoms with E-state index in [9.17, 15) is 4.79 Å². The highest BCUT2D eigenvalue weighted by atomic mass is 16.5. The molecule has 0 saturated carbocycles. The minimum atomic E-state index is -0.0935. The summed E-state index contributed by atoms with van der Waals surface area (Å²) in [7, 11) is 1.76. The Hall–Kier alpha value is -1.75. The van der Waals surface area contributed by atoms with Crippen LogP contribution in [0, 0.1) is 0 Å². The van der Waals surface area contributed by atoms with Gasteiger partial charge in [-0.2, -0.15) is 0 Å². The van der Waals surface area contributed by atoms with Gasteiger partial charge in [0.2, 0.25) is 0 Å². The molecule has 0 aliphatic carbocycles. The average molecular weight is 247 g/mol. The van der Waals surface area contributed by atoms with Gasteiger partial charge in [-0.05, 0) is 38.1 Å². The number of benzene rings is 1. The Morgan fingerprint density at radius 3 is 2.89 bits per heavy atom. The lowest BCUT2D eigenvalue weighted by atomic mass is 10.1. The van der Waals surface area contributed by atoms with Crippen molar-refractivity contribution in [1.82, 2.24) is 14.9 Å². The lowest BCUT2D eigenvalue weighted by Gasteiger charge is -2.23. The summed E-state index contributed by atoms with van der Waals surface area (Å²) >= 11 is 0. The number of rotatable bonds is 2. The summed E-state index contributed by atoms with van der Waals surface area (Å²) < 4.78 is 7.54. The van der Waals surface area contributed by atoms with Crippen LogP contribution < -0.4 is 15.7 Å². The van der Waals surface area contributed by atoms with Gasteiger partial charge in [-0.3, -0.25) is 4.57 Å². The number of aromatic amines is 1. The molecule has 2 N–H and O–H groups in total. The molecule has 0 spiro atoms. The maximum Gasteiger partial charge on any atom is 0.326 e. The second kappa shape index (κ2) is 4.49. The molecule has 1 aliphatic heterocycles. The maximum absolute atomic E-state index is 11.5. The van der Waals surface area contributed by atoms with Gasteiger partial charge >= 0.3 is 5.69 Å². The van der Waals surface area contributed by atoms with Crippen molar-refractivity contribution in [3.63, 3.8) is 0 Å². The molecule has 18 heavy (non-hydrogen) atoms. The van der Waals surface area contributed by atoms with E-state index in [0.29, 0.717) is 0 Å². The first-order valence-corrected chi connectivity index (χ1v) is 6.30. The van der Waals surface area contributed by atoms with Gasteiger partial charge in [0.15, 0.2) is 0 Å². The molecule has 5 nitrogen and oxygen atoms in total. The Balaban J connectivity index is 1.86. The first-order valence-electron chi connectivity index (χ1n) is 6.30. The Bertz CT molecular complexity index is 608. The predicted molar refractivity (Wildman–Crippen MR) is 70.1 cm³/mol. The lowest BCUT2D eigenvalue weighted by Crippen LogP contribution is -2.34. The molecular weight excluding hydrogens is 230 g/mol. The fourth-order valence-electron chi connectivity index (χ4n) is 2.40. The fraction of sp³-hybridized carbons (Fsp3) is 0.462.